The number of alkyl carbamates (subject to hydrolysis) is 1. The third-order valence-electron chi connectivity index (χ3n) is 10.7. The van der Waals surface area contributed by atoms with E-state index in [-0.39, 0.29) is 19.4 Å². The minimum absolute atomic E-state index is 0.0368. The molecule has 0 spiro atoms. The van der Waals surface area contributed by atoms with Crippen molar-refractivity contribution in [3.05, 3.63) is 47.7 Å². The van der Waals surface area contributed by atoms with E-state index >= 15 is 0 Å². The average Bonchev–Trinajstić information content (AvgIpc) is 3.96. The van der Waals surface area contributed by atoms with Gasteiger partial charge in [0.2, 0.25) is 27.7 Å². The van der Waals surface area contributed by atoms with Gasteiger partial charge < -0.3 is 25.0 Å². The van der Waals surface area contributed by atoms with Gasteiger partial charge in [0.25, 0.3) is 5.91 Å². The largest absolute Gasteiger partial charge is 0.472 e. The maximum absolute atomic E-state index is 14.5. The summed E-state index contributed by atoms with van der Waals surface area (Å²) in [5, 5.41) is 6.98. The number of fused-ring (bicyclic) bond motifs is 5. The fraction of sp³-hybridized carbons (Fsp3) is 0.605. The van der Waals surface area contributed by atoms with Crippen LogP contribution in [0, 0.1) is 5.92 Å². The summed E-state index contributed by atoms with van der Waals surface area (Å²) < 4.78 is 40.0. The number of sulfonamides is 1. The Balaban J connectivity index is 1.20. The lowest BCUT2D eigenvalue weighted by atomic mass is 10.0. The summed E-state index contributed by atoms with van der Waals surface area (Å²) in [6, 6.07) is 5.89. The molecule has 1 aromatic carbocycles. The molecule has 52 heavy (non-hydrogen) atoms. The number of benzene rings is 1. The van der Waals surface area contributed by atoms with Crippen LogP contribution >= 0.6 is 0 Å². The van der Waals surface area contributed by atoms with Gasteiger partial charge in [0.1, 0.15) is 29.3 Å². The van der Waals surface area contributed by atoms with Gasteiger partial charge in [-0.3, -0.25) is 19.1 Å². The summed E-state index contributed by atoms with van der Waals surface area (Å²) in [7, 11) is -3.87. The SMILES string of the molecule is CC(C)(C)OC(=O)N[C@H]1CCCCC/C=C\C2C[C@@]2(C(=O)NS(=O)(=O)C2CC2)NC(=O)[C@@H]2C[C@@H](Oc3nc4c(c5ccccc35)CCC4)CN2C1=O. The molecule has 7 rings (SSSR count). The van der Waals surface area contributed by atoms with Gasteiger partial charge in [-0.05, 0) is 95.6 Å². The first kappa shape index (κ1) is 36.2. The highest BCUT2D eigenvalue weighted by atomic mass is 32.2. The van der Waals surface area contributed by atoms with Crippen LogP contribution in [0.25, 0.3) is 10.8 Å². The van der Waals surface area contributed by atoms with Crippen LogP contribution in [0.4, 0.5) is 4.79 Å². The molecule has 1 saturated heterocycles. The van der Waals surface area contributed by atoms with Crippen LogP contribution in [-0.2, 0) is 42.0 Å². The van der Waals surface area contributed by atoms with Crippen molar-refractivity contribution < 1.29 is 37.1 Å². The number of hydrogen-bond acceptors (Lipinski definition) is 9. The molecule has 0 radical (unpaired) electrons. The molecule has 3 heterocycles. The van der Waals surface area contributed by atoms with Crippen LogP contribution < -0.4 is 20.1 Å². The molecule has 2 aliphatic heterocycles. The molecular formula is C38H49N5O8S. The molecule has 280 valence electrons. The van der Waals surface area contributed by atoms with E-state index in [1.165, 1.54) is 10.5 Å². The number of rotatable bonds is 6. The van der Waals surface area contributed by atoms with Crippen LogP contribution in [0.15, 0.2) is 36.4 Å². The number of carbonyl (C=O) groups is 4. The topological polar surface area (TPSA) is 173 Å². The van der Waals surface area contributed by atoms with Crippen molar-refractivity contribution in [2.75, 3.05) is 6.54 Å². The molecule has 1 aromatic heterocycles. The van der Waals surface area contributed by atoms with Gasteiger partial charge in [-0.25, -0.2) is 18.2 Å². The zero-order valence-corrected chi connectivity index (χ0v) is 30.9. The number of ether oxygens (including phenoxy) is 2. The normalized spacial score (nSPS) is 28.7. The fourth-order valence-corrected chi connectivity index (χ4v) is 9.17. The molecule has 14 heteroatoms. The highest BCUT2D eigenvalue weighted by Crippen LogP contribution is 2.46. The number of aryl methyl sites for hydroxylation is 2. The molecule has 4 amide bonds. The second kappa shape index (κ2) is 14.0. The van der Waals surface area contributed by atoms with Gasteiger partial charge in [-0.2, -0.15) is 0 Å². The van der Waals surface area contributed by atoms with Crippen LogP contribution in [0.2, 0.25) is 0 Å². The number of allylic oxidation sites excluding steroid dienone is 1. The minimum atomic E-state index is -3.87. The van der Waals surface area contributed by atoms with E-state index in [1.54, 1.807) is 20.8 Å². The van der Waals surface area contributed by atoms with E-state index in [2.05, 4.69) is 21.4 Å². The van der Waals surface area contributed by atoms with Gasteiger partial charge in [0, 0.05) is 23.4 Å². The molecule has 2 saturated carbocycles. The molecule has 5 atom stereocenters. The van der Waals surface area contributed by atoms with Crippen molar-refractivity contribution in [3.63, 3.8) is 0 Å². The molecular weight excluding hydrogens is 687 g/mol. The predicted molar refractivity (Wildman–Crippen MR) is 193 cm³/mol. The van der Waals surface area contributed by atoms with Crippen LogP contribution in [0.1, 0.15) is 96.2 Å². The minimum Gasteiger partial charge on any atom is -0.472 e. The number of nitrogens with one attached hydrogen (secondary N) is 3. The number of nitrogens with zero attached hydrogens (tertiary/aromatic N) is 2. The highest BCUT2D eigenvalue weighted by Gasteiger charge is 2.62. The van der Waals surface area contributed by atoms with Crippen LogP contribution in [0.5, 0.6) is 5.88 Å². The van der Waals surface area contributed by atoms with Gasteiger partial charge >= 0.3 is 6.09 Å². The Morgan fingerprint density at radius 1 is 1.02 bits per heavy atom. The van der Waals surface area contributed by atoms with E-state index in [0.717, 1.165) is 48.6 Å². The molecule has 0 bridgehead atoms. The van der Waals surface area contributed by atoms with Crippen molar-refractivity contribution in [1.29, 1.82) is 0 Å². The lowest BCUT2D eigenvalue weighted by Crippen LogP contribution is -2.58. The van der Waals surface area contributed by atoms with Crippen LogP contribution in [0.3, 0.4) is 0 Å². The number of amides is 4. The number of carbonyl (C=O) groups excluding carboxylic acids is 4. The lowest BCUT2D eigenvalue weighted by Gasteiger charge is -2.30. The van der Waals surface area contributed by atoms with E-state index < -0.39 is 74.3 Å². The summed E-state index contributed by atoms with van der Waals surface area (Å²) in [6.07, 6.45) is 9.83. The Morgan fingerprint density at radius 2 is 1.79 bits per heavy atom. The maximum atomic E-state index is 14.5. The molecule has 1 unspecified atom stereocenters. The predicted octanol–water partition coefficient (Wildman–Crippen LogP) is 3.97. The summed E-state index contributed by atoms with van der Waals surface area (Å²) >= 11 is 0. The van der Waals surface area contributed by atoms with Crippen molar-refractivity contribution >= 4 is 44.6 Å². The first-order valence-electron chi connectivity index (χ1n) is 18.7. The van der Waals surface area contributed by atoms with E-state index in [4.69, 9.17) is 14.5 Å². The van der Waals surface area contributed by atoms with Crippen molar-refractivity contribution in [3.8, 4) is 5.88 Å². The Kier molecular flexibility index (Phi) is 9.72. The smallest absolute Gasteiger partial charge is 0.408 e. The standard InChI is InChI=1S/C38H49N5O8S/c1-37(2,3)51-36(47)40-30-16-8-6-4-5-7-12-23-21-38(23,35(46)42-52(48,49)25-18-19-25)41-32(44)31-20-24(22-43(31)34(30)45)50-33-28-14-10-9-13-26(28)27-15-11-17-29(27)39-33/h7,9-10,12-14,23-25,30-31H,4-6,8,11,15-22H2,1-3H3,(H,40,47)(H,41,44)(H,42,46)/b12-7-/t23?,24-,30+,31+,38-/m1/s1. The molecule has 13 nitrogen and oxygen atoms in total. The second-order valence-corrected chi connectivity index (χ2v) is 17.9. The Labute approximate surface area is 304 Å². The Hall–Kier alpha value is -4.20. The van der Waals surface area contributed by atoms with Crippen molar-refractivity contribution in [1.82, 2.24) is 25.2 Å². The third-order valence-corrected chi connectivity index (χ3v) is 12.5. The van der Waals surface area contributed by atoms with Crippen molar-refractivity contribution in [2.24, 2.45) is 5.92 Å². The van der Waals surface area contributed by atoms with Crippen molar-refractivity contribution in [2.45, 2.75) is 132 Å². The summed E-state index contributed by atoms with van der Waals surface area (Å²) in [6.45, 7) is 5.26. The van der Waals surface area contributed by atoms with Gasteiger partial charge in [-0.15, -0.1) is 0 Å². The zero-order valence-electron chi connectivity index (χ0n) is 30.1. The molecule has 3 fully saturated rings. The zero-order chi connectivity index (χ0) is 36.8. The Morgan fingerprint density at radius 3 is 2.54 bits per heavy atom. The van der Waals surface area contributed by atoms with Gasteiger partial charge in [0.05, 0.1) is 11.8 Å². The maximum Gasteiger partial charge on any atom is 0.408 e. The summed E-state index contributed by atoms with van der Waals surface area (Å²) in [5.41, 5.74) is -0.0652. The van der Waals surface area contributed by atoms with Crippen LogP contribution in [-0.4, -0.2) is 83.2 Å². The van der Waals surface area contributed by atoms with E-state index in [1.807, 2.05) is 30.4 Å². The van der Waals surface area contributed by atoms with E-state index in [9.17, 15) is 27.6 Å². The first-order valence-corrected chi connectivity index (χ1v) is 20.2. The molecule has 3 N–H and O–H groups in total. The molecule has 5 aliphatic rings. The summed E-state index contributed by atoms with van der Waals surface area (Å²) in [5.74, 6) is -1.79. The number of pyridine rings is 1. The fourth-order valence-electron chi connectivity index (χ4n) is 7.80. The number of hydrogen-bond donors (Lipinski definition) is 3. The third kappa shape index (κ3) is 7.62. The summed E-state index contributed by atoms with van der Waals surface area (Å²) in [4.78, 5) is 61.9. The van der Waals surface area contributed by atoms with Gasteiger partial charge in [-0.1, -0.05) is 43.2 Å². The lowest BCUT2D eigenvalue weighted by molar-refractivity contribution is -0.141. The molecule has 3 aliphatic carbocycles. The quantitative estimate of drug-likeness (QED) is 0.371. The second-order valence-electron chi connectivity index (χ2n) is 15.9. The van der Waals surface area contributed by atoms with Gasteiger partial charge in [0.15, 0.2) is 0 Å². The monoisotopic (exact) mass is 735 g/mol. The highest BCUT2D eigenvalue weighted by molar-refractivity contribution is 7.91. The first-order chi connectivity index (χ1) is 24.7. The Bertz CT molecular complexity index is 1900. The number of aromatic nitrogens is 1. The van der Waals surface area contributed by atoms with E-state index in [0.29, 0.717) is 38.0 Å². The average molecular weight is 736 g/mol. The molecule has 2 aromatic rings.